The van der Waals surface area contributed by atoms with Crippen LogP contribution >= 0.6 is 0 Å². The van der Waals surface area contributed by atoms with Crippen LogP contribution in [0.4, 0.5) is 22.0 Å². The molecule has 4 aromatic carbocycles. The van der Waals surface area contributed by atoms with Gasteiger partial charge < -0.3 is 9.47 Å². The normalized spacial score (nSPS) is 17.8. The average Bonchev–Trinajstić information content (AvgIpc) is 3.25. The molecule has 2 nitrogen and oxygen atoms in total. The fourth-order valence-electron chi connectivity index (χ4n) is 8.78. The number of ether oxygens (including phenoxy) is 2. The standard InChI is InChI=1S/C27H36F2O.C25H29F3O/c1-3-5-6-7-20-8-10-21(11-9-20)12-13-22-14-16-23(17-15-22)24-18-19-25(30-4-2)27(29)26(24)28;1-3-5-6-7-17-8-10-18(11-9-17)20-13-12-19(16-22(20)26)21-14-15-23(29-4-2)25(28)24(21)27/h14-21H,3-13H2,1-2H3;8,12-16,18H,3-7,9-11H2,1-2H3. The van der Waals surface area contributed by atoms with Gasteiger partial charge in [0.2, 0.25) is 11.6 Å². The summed E-state index contributed by atoms with van der Waals surface area (Å²) in [5.41, 5.74) is 4.77. The lowest BCUT2D eigenvalue weighted by Gasteiger charge is -2.28. The lowest BCUT2D eigenvalue weighted by Crippen LogP contribution is -2.15. The summed E-state index contributed by atoms with van der Waals surface area (Å²) < 4.78 is 82.2. The van der Waals surface area contributed by atoms with Gasteiger partial charge in [-0.2, -0.15) is 8.78 Å². The number of aryl methyl sites for hydroxylation is 1. The van der Waals surface area contributed by atoms with E-state index in [2.05, 4.69) is 32.1 Å². The lowest BCUT2D eigenvalue weighted by molar-refractivity contribution is 0.249. The van der Waals surface area contributed by atoms with Crippen molar-refractivity contribution >= 4 is 0 Å². The Hall–Kier alpha value is -4.13. The van der Waals surface area contributed by atoms with Gasteiger partial charge in [0.15, 0.2) is 23.1 Å². The van der Waals surface area contributed by atoms with Crippen molar-refractivity contribution in [1.82, 2.24) is 0 Å². The van der Waals surface area contributed by atoms with Crippen molar-refractivity contribution in [1.29, 1.82) is 0 Å². The highest BCUT2D eigenvalue weighted by Crippen LogP contribution is 2.38. The Morgan fingerprint density at radius 2 is 1.10 bits per heavy atom. The highest BCUT2D eigenvalue weighted by molar-refractivity contribution is 5.67. The van der Waals surface area contributed by atoms with E-state index >= 15 is 0 Å². The molecule has 0 bridgehead atoms. The van der Waals surface area contributed by atoms with Gasteiger partial charge in [-0.15, -0.1) is 0 Å². The molecule has 1 saturated carbocycles. The maximum Gasteiger partial charge on any atom is 0.201 e. The van der Waals surface area contributed by atoms with Gasteiger partial charge in [0.25, 0.3) is 0 Å². The number of benzene rings is 4. The lowest BCUT2D eigenvalue weighted by atomic mass is 9.78. The third-order valence-electron chi connectivity index (χ3n) is 12.3. The van der Waals surface area contributed by atoms with E-state index in [1.54, 1.807) is 32.0 Å². The smallest absolute Gasteiger partial charge is 0.201 e. The summed E-state index contributed by atoms with van der Waals surface area (Å²) in [5, 5.41) is 0. The Labute approximate surface area is 350 Å². The Balaban J connectivity index is 0.000000224. The van der Waals surface area contributed by atoms with Crippen molar-refractivity contribution in [2.24, 2.45) is 11.8 Å². The van der Waals surface area contributed by atoms with Crippen LogP contribution in [0.3, 0.4) is 0 Å². The molecule has 0 heterocycles. The van der Waals surface area contributed by atoms with Crippen LogP contribution in [0.2, 0.25) is 0 Å². The third kappa shape index (κ3) is 12.9. The van der Waals surface area contributed by atoms with Gasteiger partial charge in [-0.05, 0) is 129 Å². The van der Waals surface area contributed by atoms with Gasteiger partial charge in [0.1, 0.15) is 5.82 Å². The molecule has 320 valence electrons. The molecule has 0 aromatic heterocycles. The van der Waals surface area contributed by atoms with Gasteiger partial charge >= 0.3 is 0 Å². The van der Waals surface area contributed by atoms with Crippen LogP contribution in [0.25, 0.3) is 22.3 Å². The minimum Gasteiger partial charge on any atom is -0.491 e. The molecule has 0 saturated heterocycles. The number of rotatable bonds is 18. The zero-order valence-corrected chi connectivity index (χ0v) is 35.8. The topological polar surface area (TPSA) is 18.5 Å². The molecule has 0 radical (unpaired) electrons. The Morgan fingerprint density at radius 1 is 0.542 bits per heavy atom. The zero-order chi connectivity index (χ0) is 42.1. The molecule has 1 fully saturated rings. The molecule has 2 aliphatic rings. The second-order valence-corrected chi connectivity index (χ2v) is 16.5. The number of halogens is 5. The number of hydrogen-bond acceptors (Lipinski definition) is 2. The van der Waals surface area contributed by atoms with Gasteiger partial charge in [-0.3, -0.25) is 0 Å². The van der Waals surface area contributed by atoms with Crippen LogP contribution in [0.5, 0.6) is 11.5 Å². The SMILES string of the molecule is CCCCCC1=CCC(c2ccc(-c3ccc(OCC)c(F)c3F)cc2F)CC1.CCCCCC1CCC(CCc2ccc(-c3ccc(OCC)c(F)c3F)cc2)CC1. The fourth-order valence-corrected chi connectivity index (χ4v) is 8.78. The predicted molar refractivity (Wildman–Crippen MR) is 233 cm³/mol. The molecule has 7 heteroatoms. The number of unbranched alkanes of at least 4 members (excludes halogenated alkanes) is 4. The van der Waals surface area contributed by atoms with Crippen LogP contribution in [0.15, 0.2) is 78.4 Å². The minimum atomic E-state index is -1.04. The fraction of sp³-hybridized carbons (Fsp3) is 0.500. The molecule has 1 unspecified atom stereocenters. The molecule has 59 heavy (non-hydrogen) atoms. The Bertz CT molecular complexity index is 1930. The quantitative estimate of drug-likeness (QED) is 0.0566. The summed E-state index contributed by atoms with van der Waals surface area (Å²) in [6.45, 7) is 8.49. The van der Waals surface area contributed by atoms with Crippen molar-refractivity contribution in [3.05, 3.63) is 119 Å². The summed E-state index contributed by atoms with van der Waals surface area (Å²) in [7, 11) is 0. The van der Waals surface area contributed by atoms with Crippen molar-refractivity contribution in [2.75, 3.05) is 13.2 Å². The maximum absolute atomic E-state index is 14.8. The second-order valence-electron chi connectivity index (χ2n) is 16.5. The first-order valence-corrected chi connectivity index (χ1v) is 22.5. The first-order chi connectivity index (χ1) is 28.7. The van der Waals surface area contributed by atoms with E-state index in [1.165, 1.54) is 112 Å². The molecule has 2 aliphatic carbocycles. The largest absolute Gasteiger partial charge is 0.491 e. The van der Waals surface area contributed by atoms with Crippen LogP contribution in [0.1, 0.15) is 147 Å². The Kier molecular flexibility index (Phi) is 18.4. The number of allylic oxidation sites excluding steroid dienone is 2. The third-order valence-corrected chi connectivity index (χ3v) is 12.3. The molecular formula is C52H65F5O2. The molecule has 0 spiro atoms. The summed E-state index contributed by atoms with van der Waals surface area (Å²) >= 11 is 0. The molecule has 0 N–H and O–H groups in total. The maximum atomic E-state index is 14.8. The van der Waals surface area contributed by atoms with Crippen LogP contribution in [-0.4, -0.2) is 13.2 Å². The summed E-state index contributed by atoms with van der Waals surface area (Å²) in [5.74, 6) is -2.40. The van der Waals surface area contributed by atoms with E-state index in [0.29, 0.717) is 23.3 Å². The van der Waals surface area contributed by atoms with E-state index in [4.69, 9.17) is 9.47 Å². The average molecular weight is 817 g/mol. The van der Waals surface area contributed by atoms with E-state index in [9.17, 15) is 22.0 Å². The van der Waals surface area contributed by atoms with Gasteiger partial charge in [-0.25, -0.2) is 13.2 Å². The van der Waals surface area contributed by atoms with Crippen molar-refractivity contribution in [3.8, 4) is 33.8 Å². The van der Waals surface area contributed by atoms with Crippen molar-refractivity contribution < 1.29 is 31.4 Å². The Morgan fingerprint density at radius 3 is 1.64 bits per heavy atom. The predicted octanol–water partition coefficient (Wildman–Crippen LogP) is 16.3. The van der Waals surface area contributed by atoms with Gasteiger partial charge in [-0.1, -0.05) is 126 Å². The summed E-state index contributed by atoms with van der Waals surface area (Å²) in [4.78, 5) is 0. The van der Waals surface area contributed by atoms with E-state index in [0.717, 1.165) is 43.9 Å². The molecule has 1 atom stereocenters. The van der Waals surface area contributed by atoms with Gasteiger partial charge in [0, 0.05) is 11.1 Å². The zero-order valence-electron chi connectivity index (χ0n) is 35.8. The van der Waals surface area contributed by atoms with Crippen LogP contribution < -0.4 is 9.47 Å². The van der Waals surface area contributed by atoms with Gasteiger partial charge in [0.05, 0.1) is 13.2 Å². The minimum absolute atomic E-state index is 0.0320. The monoisotopic (exact) mass is 816 g/mol. The van der Waals surface area contributed by atoms with Crippen molar-refractivity contribution in [3.63, 3.8) is 0 Å². The highest BCUT2D eigenvalue weighted by Gasteiger charge is 2.23. The summed E-state index contributed by atoms with van der Waals surface area (Å²) in [6.07, 6.45) is 23.2. The van der Waals surface area contributed by atoms with E-state index in [1.807, 2.05) is 12.1 Å². The molecule has 0 amide bonds. The molecule has 4 aromatic rings. The highest BCUT2D eigenvalue weighted by atomic mass is 19.2. The summed E-state index contributed by atoms with van der Waals surface area (Å²) in [6, 6.07) is 18.5. The first-order valence-electron chi connectivity index (χ1n) is 22.5. The number of hydrogen-bond donors (Lipinski definition) is 0. The molecule has 6 rings (SSSR count). The van der Waals surface area contributed by atoms with Crippen LogP contribution in [-0.2, 0) is 6.42 Å². The molecule has 0 aliphatic heterocycles. The van der Waals surface area contributed by atoms with E-state index < -0.39 is 23.3 Å². The van der Waals surface area contributed by atoms with Crippen LogP contribution in [0, 0.1) is 40.9 Å². The van der Waals surface area contributed by atoms with Crippen molar-refractivity contribution in [2.45, 2.75) is 143 Å². The first kappa shape index (κ1) is 45.9. The van der Waals surface area contributed by atoms with E-state index in [-0.39, 0.29) is 41.0 Å². The molecular weight excluding hydrogens is 752 g/mol. The second kappa shape index (κ2) is 23.6.